The molecule has 0 aromatic heterocycles. The summed E-state index contributed by atoms with van der Waals surface area (Å²) in [5.74, 6) is 0.577. The predicted octanol–water partition coefficient (Wildman–Crippen LogP) is 3.67. The maximum atomic E-state index is 13.8. The zero-order valence-electron chi connectivity index (χ0n) is 12.3. The van der Waals surface area contributed by atoms with Gasteiger partial charge in [-0.15, -0.1) is 0 Å². The van der Waals surface area contributed by atoms with Crippen LogP contribution >= 0.6 is 0 Å². The summed E-state index contributed by atoms with van der Waals surface area (Å²) in [6.45, 7) is 2.71. The molecule has 0 spiro atoms. The minimum absolute atomic E-state index is 0.214. The summed E-state index contributed by atoms with van der Waals surface area (Å²) >= 11 is 0. The molecule has 1 atom stereocenters. The zero-order chi connectivity index (χ0) is 15.2. The lowest BCUT2D eigenvalue weighted by atomic mass is 9.99. The van der Waals surface area contributed by atoms with Gasteiger partial charge in [-0.2, -0.15) is 0 Å². The van der Waals surface area contributed by atoms with Crippen LogP contribution in [0.25, 0.3) is 0 Å². The molecule has 0 saturated heterocycles. The SMILES string of the molecule is CCCOc1cccc(C(N)c2ccc(OC)c(F)c2)c1. The van der Waals surface area contributed by atoms with Crippen molar-refractivity contribution >= 4 is 0 Å². The van der Waals surface area contributed by atoms with E-state index in [2.05, 4.69) is 6.92 Å². The van der Waals surface area contributed by atoms with Crippen LogP contribution in [0.15, 0.2) is 42.5 Å². The Morgan fingerprint density at radius 3 is 2.57 bits per heavy atom. The van der Waals surface area contributed by atoms with Crippen LogP contribution in [0, 0.1) is 5.82 Å². The van der Waals surface area contributed by atoms with E-state index in [4.69, 9.17) is 15.2 Å². The molecule has 0 fully saturated rings. The highest BCUT2D eigenvalue weighted by Crippen LogP contribution is 2.26. The van der Waals surface area contributed by atoms with Gasteiger partial charge in [-0.25, -0.2) is 4.39 Å². The van der Waals surface area contributed by atoms with Crippen molar-refractivity contribution in [2.45, 2.75) is 19.4 Å². The average Bonchev–Trinajstić information content (AvgIpc) is 2.52. The van der Waals surface area contributed by atoms with Gasteiger partial charge in [0.05, 0.1) is 19.8 Å². The lowest BCUT2D eigenvalue weighted by Gasteiger charge is -2.15. The Labute approximate surface area is 124 Å². The van der Waals surface area contributed by atoms with Crippen molar-refractivity contribution in [1.29, 1.82) is 0 Å². The van der Waals surface area contributed by atoms with E-state index in [-0.39, 0.29) is 5.75 Å². The monoisotopic (exact) mass is 289 g/mol. The molecule has 2 N–H and O–H groups in total. The quantitative estimate of drug-likeness (QED) is 0.882. The highest BCUT2D eigenvalue weighted by atomic mass is 19.1. The fourth-order valence-electron chi connectivity index (χ4n) is 2.09. The van der Waals surface area contributed by atoms with E-state index in [1.54, 1.807) is 12.1 Å². The van der Waals surface area contributed by atoms with Gasteiger partial charge in [0.25, 0.3) is 0 Å². The van der Waals surface area contributed by atoms with Crippen LogP contribution in [0.3, 0.4) is 0 Å². The summed E-state index contributed by atoms with van der Waals surface area (Å²) in [7, 11) is 1.44. The minimum Gasteiger partial charge on any atom is -0.494 e. The fraction of sp³-hybridized carbons (Fsp3) is 0.294. The van der Waals surface area contributed by atoms with E-state index in [0.717, 1.165) is 17.7 Å². The van der Waals surface area contributed by atoms with Crippen LogP contribution in [0.2, 0.25) is 0 Å². The van der Waals surface area contributed by atoms with E-state index >= 15 is 0 Å². The Balaban J connectivity index is 2.22. The number of methoxy groups -OCH3 is 1. The van der Waals surface area contributed by atoms with E-state index in [1.807, 2.05) is 24.3 Å². The molecule has 0 aliphatic carbocycles. The standard InChI is InChI=1S/C17H20FNO2/c1-3-9-21-14-6-4-5-12(10-14)17(19)13-7-8-16(20-2)15(18)11-13/h4-8,10-11,17H,3,9,19H2,1-2H3. The lowest BCUT2D eigenvalue weighted by molar-refractivity contribution is 0.317. The number of nitrogens with two attached hydrogens (primary N) is 1. The molecule has 0 saturated carbocycles. The Hall–Kier alpha value is -2.07. The summed E-state index contributed by atoms with van der Waals surface area (Å²) in [6.07, 6.45) is 0.944. The third kappa shape index (κ3) is 3.73. The Morgan fingerprint density at radius 1 is 1.14 bits per heavy atom. The topological polar surface area (TPSA) is 44.5 Å². The minimum atomic E-state index is -0.413. The molecule has 4 heteroatoms. The third-order valence-electron chi connectivity index (χ3n) is 3.23. The molecule has 2 aromatic rings. The predicted molar refractivity (Wildman–Crippen MR) is 81.2 cm³/mol. The van der Waals surface area contributed by atoms with Crippen molar-refractivity contribution in [3.8, 4) is 11.5 Å². The van der Waals surface area contributed by atoms with Crippen LogP contribution in [0.4, 0.5) is 4.39 Å². The molecule has 21 heavy (non-hydrogen) atoms. The van der Waals surface area contributed by atoms with E-state index < -0.39 is 11.9 Å². The fourth-order valence-corrected chi connectivity index (χ4v) is 2.09. The van der Waals surface area contributed by atoms with Gasteiger partial charge in [0, 0.05) is 0 Å². The van der Waals surface area contributed by atoms with Gasteiger partial charge in [0.1, 0.15) is 5.75 Å². The maximum absolute atomic E-state index is 13.8. The molecule has 0 aliphatic heterocycles. The number of hydrogen-bond donors (Lipinski definition) is 1. The Bertz CT molecular complexity index is 601. The van der Waals surface area contributed by atoms with Crippen molar-refractivity contribution in [3.63, 3.8) is 0 Å². The van der Waals surface area contributed by atoms with E-state index in [1.165, 1.54) is 13.2 Å². The van der Waals surface area contributed by atoms with E-state index in [9.17, 15) is 4.39 Å². The van der Waals surface area contributed by atoms with Crippen LogP contribution < -0.4 is 15.2 Å². The number of hydrogen-bond acceptors (Lipinski definition) is 3. The van der Waals surface area contributed by atoms with Gasteiger partial charge in [0.2, 0.25) is 0 Å². The first kappa shape index (κ1) is 15.3. The van der Waals surface area contributed by atoms with Gasteiger partial charge >= 0.3 is 0 Å². The first-order valence-electron chi connectivity index (χ1n) is 6.97. The Morgan fingerprint density at radius 2 is 1.90 bits per heavy atom. The van der Waals surface area contributed by atoms with Crippen molar-refractivity contribution in [2.24, 2.45) is 5.73 Å². The Kier molecular flexibility index (Phi) is 5.17. The number of rotatable bonds is 6. The summed E-state index contributed by atoms with van der Waals surface area (Å²) in [5.41, 5.74) is 7.79. The number of benzene rings is 2. The number of ether oxygens (including phenoxy) is 2. The highest BCUT2D eigenvalue weighted by Gasteiger charge is 2.12. The van der Waals surface area contributed by atoms with Gasteiger partial charge in [-0.3, -0.25) is 0 Å². The van der Waals surface area contributed by atoms with Gasteiger partial charge in [0.15, 0.2) is 11.6 Å². The van der Waals surface area contributed by atoms with Gasteiger partial charge in [-0.1, -0.05) is 25.1 Å². The molecule has 1 unspecified atom stereocenters. The molecule has 3 nitrogen and oxygen atoms in total. The summed E-state index contributed by atoms with van der Waals surface area (Å²) in [4.78, 5) is 0. The molecule has 0 amide bonds. The van der Waals surface area contributed by atoms with Crippen molar-refractivity contribution in [3.05, 3.63) is 59.4 Å². The molecular formula is C17H20FNO2. The maximum Gasteiger partial charge on any atom is 0.165 e. The first-order valence-corrected chi connectivity index (χ1v) is 6.97. The third-order valence-corrected chi connectivity index (χ3v) is 3.23. The van der Waals surface area contributed by atoms with Crippen LogP contribution in [0.5, 0.6) is 11.5 Å². The van der Waals surface area contributed by atoms with Crippen LogP contribution in [-0.4, -0.2) is 13.7 Å². The summed E-state index contributed by atoms with van der Waals surface area (Å²) in [6, 6.07) is 11.9. The molecular weight excluding hydrogens is 269 g/mol. The summed E-state index contributed by atoms with van der Waals surface area (Å²) < 4.78 is 24.3. The van der Waals surface area contributed by atoms with Crippen molar-refractivity contribution < 1.29 is 13.9 Å². The van der Waals surface area contributed by atoms with Crippen LogP contribution in [0.1, 0.15) is 30.5 Å². The lowest BCUT2D eigenvalue weighted by Crippen LogP contribution is -2.12. The van der Waals surface area contributed by atoms with Crippen LogP contribution in [-0.2, 0) is 0 Å². The molecule has 0 radical (unpaired) electrons. The van der Waals surface area contributed by atoms with Crippen molar-refractivity contribution in [1.82, 2.24) is 0 Å². The molecule has 2 aromatic carbocycles. The first-order chi connectivity index (χ1) is 10.2. The zero-order valence-corrected chi connectivity index (χ0v) is 12.3. The average molecular weight is 289 g/mol. The second-order valence-electron chi connectivity index (χ2n) is 4.79. The highest BCUT2D eigenvalue weighted by molar-refractivity contribution is 5.39. The summed E-state index contributed by atoms with van der Waals surface area (Å²) in [5, 5.41) is 0. The molecule has 2 rings (SSSR count). The normalized spacial score (nSPS) is 12.0. The number of halogens is 1. The van der Waals surface area contributed by atoms with Gasteiger partial charge < -0.3 is 15.2 Å². The second-order valence-corrected chi connectivity index (χ2v) is 4.79. The van der Waals surface area contributed by atoms with Gasteiger partial charge in [-0.05, 0) is 41.8 Å². The largest absolute Gasteiger partial charge is 0.494 e. The smallest absolute Gasteiger partial charge is 0.165 e. The van der Waals surface area contributed by atoms with Crippen molar-refractivity contribution in [2.75, 3.05) is 13.7 Å². The molecule has 112 valence electrons. The molecule has 0 aliphatic rings. The van der Waals surface area contributed by atoms with E-state index in [0.29, 0.717) is 12.2 Å². The molecule has 0 heterocycles. The molecule has 0 bridgehead atoms. The second kappa shape index (κ2) is 7.09.